The molecule has 0 bridgehead atoms. The van der Waals surface area contributed by atoms with Gasteiger partial charge in [-0.1, -0.05) is 366 Å². The summed E-state index contributed by atoms with van der Waals surface area (Å²) in [6.45, 7) is 13.2. The number of hydrogen-bond acceptors (Lipinski definition) is 4. The molecule has 94 heavy (non-hydrogen) atoms. The van der Waals surface area contributed by atoms with E-state index in [1.54, 1.807) is 0 Å². The summed E-state index contributed by atoms with van der Waals surface area (Å²) in [4.78, 5) is 0. The predicted octanol–water partition coefficient (Wildman–Crippen LogP) is 17.3. The quantitative estimate of drug-likeness (QED) is 0.114. The molecule has 8 heteroatoms. The number of para-hydroxylation sites is 4. The Morgan fingerprint density at radius 2 is 0.479 bits per heavy atom. The number of hydrogen-bond donors (Lipinski definition) is 0. The lowest BCUT2D eigenvalue weighted by Crippen LogP contribution is -2.33. The fourth-order valence-corrected chi connectivity index (χ4v) is 23.4. The zero-order valence-electron chi connectivity index (χ0n) is 53.8. The van der Waals surface area contributed by atoms with E-state index in [1.165, 1.54) is 32.3 Å². The third-order valence-corrected chi connectivity index (χ3v) is 29.1. The van der Waals surface area contributed by atoms with Gasteiger partial charge in [0.15, 0.2) is 14.3 Å². The van der Waals surface area contributed by atoms with Crippen LogP contribution in [-0.4, -0.2) is 0 Å². The van der Waals surface area contributed by atoms with E-state index in [1.807, 2.05) is 146 Å². The van der Waals surface area contributed by atoms with Crippen LogP contribution in [-0.2, 0) is 20.0 Å². The van der Waals surface area contributed by atoms with Gasteiger partial charge in [-0.3, -0.25) is 0 Å². The summed E-state index contributed by atoms with van der Waals surface area (Å²) in [5.41, 5.74) is 6.29. The average Bonchev–Trinajstić information content (AvgIpc) is 0.723. The molecule has 0 N–H and O–H groups in total. The van der Waals surface area contributed by atoms with E-state index in [0.717, 1.165) is 76.2 Å². The molecule has 0 radical (unpaired) electrons. The number of rotatable bonds is 12. The van der Waals surface area contributed by atoms with Crippen LogP contribution < -0.4 is 73.1 Å². The molecule has 4 nitrogen and oxygen atoms in total. The summed E-state index contributed by atoms with van der Waals surface area (Å²) in [7, 11) is -8.38. The van der Waals surface area contributed by atoms with Crippen molar-refractivity contribution < 1.29 is 18.6 Å². The summed E-state index contributed by atoms with van der Waals surface area (Å²) in [6, 6.07) is 116. The second-order valence-corrected chi connectivity index (χ2v) is 34.6. The van der Waals surface area contributed by atoms with Gasteiger partial charge in [0.1, 0.15) is 23.0 Å². The summed E-state index contributed by atoms with van der Waals surface area (Å²) >= 11 is 0. The van der Waals surface area contributed by atoms with E-state index in [9.17, 15) is 0 Å². The normalized spacial score (nSPS) is 13.2. The highest BCUT2D eigenvalue weighted by atomic mass is 31.2. The monoisotopic (exact) mass is 1290 g/mol. The fourth-order valence-electron chi connectivity index (χ4n) is 13.0. The molecule has 0 unspecified atom stereocenters. The Morgan fingerprint density at radius 3 is 0.734 bits per heavy atom. The van der Waals surface area contributed by atoms with Crippen LogP contribution in [0.3, 0.4) is 0 Å². The van der Waals surface area contributed by atoms with Gasteiger partial charge in [-0.25, -0.2) is 0 Å². The second-order valence-electron chi connectivity index (χ2n) is 24.8. The van der Waals surface area contributed by atoms with Crippen molar-refractivity contribution in [2.75, 3.05) is 0 Å². The average molecular weight is 1300 g/mol. The fraction of sp³-hybridized carbons (Fsp3) is 0.0930. The van der Waals surface area contributed by atoms with Crippen LogP contribution in [0.1, 0.15) is 61.1 Å². The molecule has 15 rings (SSSR count). The smallest absolute Gasteiger partial charge is 0.174 e. The van der Waals surface area contributed by atoms with E-state index >= 15 is 9.13 Å². The lowest BCUT2D eigenvalue weighted by atomic mass is 9.76. The molecule has 0 spiro atoms. The van der Waals surface area contributed by atoms with Crippen molar-refractivity contribution in [2.45, 2.75) is 52.4 Å². The van der Waals surface area contributed by atoms with E-state index in [4.69, 9.17) is 9.47 Å². The minimum absolute atomic E-state index is 0.373. The zero-order valence-corrected chi connectivity index (χ0v) is 57.3. The second kappa shape index (κ2) is 27.4. The first-order valence-corrected chi connectivity index (χ1v) is 38.0. The zero-order chi connectivity index (χ0) is 64.9. The Kier molecular flexibility index (Phi) is 18.5. The maximum absolute atomic E-state index is 15.6. The largest absolute Gasteiger partial charge is 0.455 e. The van der Waals surface area contributed by atoms with Crippen LogP contribution in [0.2, 0.25) is 0 Å². The van der Waals surface area contributed by atoms with E-state index in [-0.39, 0.29) is 10.8 Å². The van der Waals surface area contributed by atoms with Gasteiger partial charge in [0.05, 0.1) is 10.6 Å². The van der Waals surface area contributed by atoms with E-state index < -0.39 is 30.1 Å². The number of benzene rings is 13. The molecular weight excluding hydrogens is 1220 g/mol. The molecule has 2 heterocycles. The molecule has 2 aliphatic heterocycles. The van der Waals surface area contributed by atoms with Gasteiger partial charge in [-0.15, -0.1) is 0 Å². The van der Waals surface area contributed by atoms with Gasteiger partial charge in [0, 0.05) is 64.9 Å². The Hall–Kier alpha value is -9.22. The summed E-state index contributed by atoms with van der Waals surface area (Å²) in [6.07, 6.45) is 0. The van der Waals surface area contributed by atoms with Crippen molar-refractivity contribution in [1.29, 1.82) is 0 Å². The molecular formula is C86H74O4P4. The third kappa shape index (κ3) is 12.2. The summed E-state index contributed by atoms with van der Waals surface area (Å²) in [5, 5.41) is 12.0. The van der Waals surface area contributed by atoms with Gasteiger partial charge in [0.25, 0.3) is 0 Å². The van der Waals surface area contributed by atoms with Crippen LogP contribution in [0.4, 0.5) is 0 Å². The molecule has 0 saturated carbocycles. The molecule has 0 saturated heterocycles. The summed E-state index contributed by atoms with van der Waals surface area (Å²) in [5.74, 6) is 3.16. The molecule has 0 atom stereocenters. The first-order valence-electron chi connectivity index (χ1n) is 31.9. The lowest BCUT2D eigenvalue weighted by Gasteiger charge is -2.38. The Balaban J connectivity index is 0.000000153. The molecule has 13 aromatic carbocycles. The van der Waals surface area contributed by atoms with Crippen LogP contribution in [0.15, 0.2) is 340 Å². The van der Waals surface area contributed by atoms with Gasteiger partial charge < -0.3 is 18.6 Å². The van der Waals surface area contributed by atoms with Gasteiger partial charge in [-0.05, 0) is 63.0 Å². The van der Waals surface area contributed by atoms with Crippen molar-refractivity contribution in [3.63, 3.8) is 0 Å². The Labute approximate surface area is 557 Å². The molecule has 0 aromatic heterocycles. The standard InChI is InChI=1S/2C39H32O2P2.C8H10/c2*1-39(2)33-25-15-27-35(42(29-17-7-3-8-18-29)30-19-9-4-10-20-30)37(33)41-38-34(39)26-16-28-36(38)43(40,31-21-11-5-12-22-31)32-23-13-6-14-24-32;1-7-3-5-8(2)6-4-7/h2*3-28H,1-2H3;3-6H,1-2H3. The maximum atomic E-state index is 15.6. The summed E-state index contributed by atoms with van der Waals surface area (Å²) < 4.78 is 45.5. The van der Waals surface area contributed by atoms with Crippen LogP contribution >= 0.6 is 30.1 Å². The van der Waals surface area contributed by atoms with Gasteiger partial charge in [-0.2, -0.15) is 0 Å². The van der Waals surface area contributed by atoms with Crippen LogP contribution in [0.25, 0.3) is 0 Å². The molecule has 462 valence electrons. The van der Waals surface area contributed by atoms with Crippen LogP contribution in [0.5, 0.6) is 23.0 Å². The highest BCUT2D eigenvalue weighted by Crippen LogP contribution is 2.56. The minimum atomic E-state index is -3.28. The molecule has 0 fully saturated rings. The van der Waals surface area contributed by atoms with E-state index in [0.29, 0.717) is 11.5 Å². The Bertz CT molecular complexity index is 4360. The van der Waals surface area contributed by atoms with E-state index in [2.05, 4.69) is 236 Å². The van der Waals surface area contributed by atoms with Gasteiger partial charge >= 0.3 is 0 Å². The number of ether oxygens (including phenoxy) is 2. The first kappa shape index (κ1) is 63.5. The first-order chi connectivity index (χ1) is 45.8. The highest BCUT2D eigenvalue weighted by molar-refractivity contribution is 7.86. The SMILES string of the molecule is CC1(C)c2cccc(P(c3ccccc3)c3ccccc3)c2Oc2c1cccc2P(=O)(c1ccccc1)c1ccccc1.CC1(C)c2cccc(P(c3ccccc3)c3ccccc3)c2Oc2c1cccc2P(=O)(c1ccccc1)c1ccccc1.Cc1ccc(C)cc1. The number of aryl methyl sites for hydroxylation is 2. The molecule has 0 amide bonds. The Morgan fingerprint density at radius 1 is 0.255 bits per heavy atom. The maximum Gasteiger partial charge on any atom is 0.174 e. The van der Waals surface area contributed by atoms with Crippen molar-refractivity contribution >= 4 is 93.8 Å². The van der Waals surface area contributed by atoms with Crippen molar-refractivity contribution in [3.8, 4) is 23.0 Å². The number of fused-ring (bicyclic) bond motifs is 4. The lowest BCUT2D eigenvalue weighted by molar-refractivity contribution is 0.424. The van der Waals surface area contributed by atoms with Crippen molar-refractivity contribution in [2.24, 2.45) is 0 Å². The highest BCUT2D eigenvalue weighted by Gasteiger charge is 2.44. The topological polar surface area (TPSA) is 52.6 Å². The predicted molar refractivity (Wildman–Crippen MR) is 402 cm³/mol. The molecule has 0 aliphatic carbocycles. The van der Waals surface area contributed by atoms with Crippen molar-refractivity contribution in [3.05, 3.63) is 373 Å². The van der Waals surface area contributed by atoms with Gasteiger partial charge in [0.2, 0.25) is 0 Å². The molecule has 2 aliphatic rings. The van der Waals surface area contributed by atoms with Crippen LogP contribution in [0, 0.1) is 13.8 Å². The van der Waals surface area contributed by atoms with Crippen molar-refractivity contribution in [1.82, 2.24) is 0 Å². The molecule has 13 aromatic rings. The minimum Gasteiger partial charge on any atom is -0.455 e. The third-order valence-electron chi connectivity index (χ3n) is 18.0.